The summed E-state index contributed by atoms with van der Waals surface area (Å²) in [4.78, 5) is 13.5. The SMILES string of the molecule is CC(C)C(=O)c1ccc(Cl)cc1-n1nccn1. The normalized spacial score (nSPS) is 10.8. The number of carbonyl (C=O) groups excluding carboxylic acids is 1. The lowest BCUT2D eigenvalue weighted by Gasteiger charge is -2.10. The number of ketones is 1. The van der Waals surface area contributed by atoms with Crippen LogP contribution in [0.15, 0.2) is 30.6 Å². The Morgan fingerprint density at radius 2 is 1.94 bits per heavy atom. The molecular weight excluding hydrogens is 238 g/mol. The quantitative estimate of drug-likeness (QED) is 0.786. The van der Waals surface area contributed by atoms with Crippen molar-refractivity contribution in [2.75, 3.05) is 0 Å². The average molecular weight is 250 g/mol. The van der Waals surface area contributed by atoms with Crippen LogP contribution in [0.25, 0.3) is 5.69 Å². The Bertz CT molecular complexity index is 535. The van der Waals surface area contributed by atoms with Crippen molar-refractivity contribution >= 4 is 17.4 Å². The summed E-state index contributed by atoms with van der Waals surface area (Å²) < 4.78 is 0. The third-order valence-electron chi connectivity index (χ3n) is 2.38. The molecule has 0 fully saturated rings. The summed E-state index contributed by atoms with van der Waals surface area (Å²) in [7, 11) is 0. The van der Waals surface area contributed by atoms with Gasteiger partial charge in [-0.1, -0.05) is 25.4 Å². The van der Waals surface area contributed by atoms with Gasteiger partial charge in [0.15, 0.2) is 5.78 Å². The van der Waals surface area contributed by atoms with Crippen LogP contribution < -0.4 is 0 Å². The molecule has 0 bridgehead atoms. The Balaban J connectivity index is 2.56. The molecule has 1 heterocycles. The van der Waals surface area contributed by atoms with Crippen molar-refractivity contribution < 1.29 is 4.79 Å². The first-order valence-corrected chi connectivity index (χ1v) is 5.68. The fourth-order valence-corrected chi connectivity index (χ4v) is 1.70. The minimum Gasteiger partial charge on any atom is -0.294 e. The minimum atomic E-state index is -0.0783. The second kappa shape index (κ2) is 4.67. The Morgan fingerprint density at radius 1 is 1.29 bits per heavy atom. The van der Waals surface area contributed by atoms with E-state index in [0.29, 0.717) is 16.3 Å². The predicted octanol–water partition coefficient (Wildman–Crippen LogP) is 2.76. The van der Waals surface area contributed by atoms with Gasteiger partial charge in [-0.2, -0.15) is 15.0 Å². The maximum atomic E-state index is 12.1. The summed E-state index contributed by atoms with van der Waals surface area (Å²) in [5.74, 6) is -0.0283. The predicted molar refractivity (Wildman–Crippen MR) is 65.5 cm³/mol. The lowest BCUT2D eigenvalue weighted by molar-refractivity contribution is 0.0939. The van der Waals surface area contributed by atoms with E-state index in [1.165, 1.54) is 4.80 Å². The van der Waals surface area contributed by atoms with Gasteiger partial charge in [-0.05, 0) is 18.2 Å². The summed E-state index contributed by atoms with van der Waals surface area (Å²) in [6.07, 6.45) is 3.12. The lowest BCUT2D eigenvalue weighted by Crippen LogP contribution is -2.13. The highest BCUT2D eigenvalue weighted by atomic mass is 35.5. The second-order valence-electron chi connectivity index (χ2n) is 4.00. The summed E-state index contributed by atoms with van der Waals surface area (Å²) in [5, 5.41) is 8.60. The molecule has 0 atom stereocenters. The molecule has 88 valence electrons. The first-order chi connectivity index (χ1) is 8.09. The van der Waals surface area contributed by atoms with Crippen molar-refractivity contribution in [2.45, 2.75) is 13.8 Å². The van der Waals surface area contributed by atoms with Gasteiger partial charge in [0.25, 0.3) is 0 Å². The Labute approximate surface area is 104 Å². The number of nitrogens with zero attached hydrogens (tertiary/aromatic N) is 3. The third-order valence-corrected chi connectivity index (χ3v) is 2.62. The van der Waals surface area contributed by atoms with E-state index >= 15 is 0 Å². The molecule has 0 unspecified atom stereocenters. The molecule has 0 aliphatic rings. The fourth-order valence-electron chi connectivity index (χ4n) is 1.53. The topological polar surface area (TPSA) is 47.8 Å². The maximum Gasteiger partial charge on any atom is 0.167 e. The van der Waals surface area contributed by atoms with E-state index in [1.54, 1.807) is 30.6 Å². The second-order valence-corrected chi connectivity index (χ2v) is 4.44. The van der Waals surface area contributed by atoms with Gasteiger partial charge in [0.2, 0.25) is 0 Å². The Morgan fingerprint density at radius 3 is 2.53 bits per heavy atom. The van der Waals surface area contributed by atoms with Gasteiger partial charge in [0.05, 0.1) is 18.1 Å². The number of hydrogen-bond donors (Lipinski definition) is 0. The van der Waals surface area contributed by atoms with Crippen LogP contribution in [0.1, 0.15) is 24.2 Å². The van der Waals surface area contributed by atoms with Gasteiger partial charge >= 0.3 is 0 Å². The molecule has 0 amide bonds. The van der Waals surface area contributed by atoms with Crippen LogP contribution >= 0.6 is 11.6 Å². The largest absolute Gasteiger partial charge is 0.294 e. The highest BCUT2D eigenvalue weighted by Gasteiger charge is 2.17. The summed E-state index contributed by atoms with van der Waals surface area (Å²) in [6, 6.07) is 5.10. The van der Waals surface area contributed by atoms with E-state index in [1.807, 2.05) is 13.8 Å². The van der Waals surface area contributed by atoms with E-state index in [-0.39, 0.29) is 11.7 Å². The number of rotatable bonds is 3. The number of benzene rings is 1. The summed E-state index contributed by atoms with van der Waals surface area (Å²) in [5.41, 5.74) is 1.20. The minimum absolute atomic E-state index is 0.0500. The first kappa shape index (κ1) is 11.8. The van der Waals surface area contributed by atoms with Crippen molar-refractivity contribution in [1.29, 1.82) is 0 Å². The molecule has 0 saturated heterocycles. The standard InChI is InChI=1S/C12H12ClN3O/c1-8(2)12(17)10-4-3-9(13)7-11(10)16-14-5-6-15-16/h3-8H,1-2H3. The molecule has 1 aromatic heterocycles. The molecule has 0 radical (unpaired) electrons. The zero-order valence-corrected chi connectivity index (χ0v) is 10.3. The summed E-state index contributed by atoms with van der Waals surface area (Å²) in [6.45, 7) is 3.72. The van der Waals surface area contributed by atoms with Gasteiger partial charge in [-0.3, -0.25) is 4.79 Å². The zero-order chi connectivity index (χ0) is 12.4. The molecule has 5 heteroatoms. The van der Waals surface area contributed by atoms with Crippen molar-refractivity contribution in [1.82, 2.24) is 15.0 Å². The van der Waals surface area contributed by atoms with E-state index in [9.17, 15) is 4.79 Å². The van der Waals surface area contributed by atoms with Gasteiger partial charge in [-0.25, -0.2) is 0 Å². The number of halogens is 1. The van der Waals surface area contributed by atoms with Crippen LogP contribution in [0.4, 0.5) is 0 Å². The van der Waals surface area contributed by atoms with Crippen LogP contribution in [-0.2, 0) is 0 Å². The van der Waals surface area contributed by atoms with Crippen molar-refractivity contribution in [2.24, 2.45) is 5.92 Å². The Hall–Kier alpha value is -1.68. The van der Waals surface area contributed by atoms with E-state index < -0.39 is 0 Å². The molecule has 0 spiro atoms. The zero-order valence-electron chi connectivity index (χ0n) is 9.59. The molecule has 1 aromatic carbocycles. The number of carbonyl (C=O) groups is 1. The van der Waals surface area contributed by atoms with Crippen LogP contribution in [0.5, 0.6) is 0 Å². The van der Waals surface area contributed by atoms with Crippen molar-refractivity contribution in [3.8, 4) is 5.69 Å². The lowest BCUT2D eigenvalue weighted by atomic mass is 10.00. The smallest absolute Gasteiger partial charge is 0.167 e. The molecule has 2 rings (SSSR count). The van der Waals surface area contributed by atoms with Gasteiger partial charge in [0.1, 0.15) is 0 Å². The third kappa shape index (κ3) is 2.36. The highest BCUT2D eigenvalue weighted by molar-refractivity contribution is 6.31. The van der Waals surface area contributed by atoms with E-state index in [2.05, 4.69) is 10.2 Å². The van der Waals surface area contributed by atoms with E-state index in [4.69, 9.17) is 11.6 Å². The molecule has 0 aliphatic heterocycles. The average Bonchev–Trinajstić information content (AvgIpc) is 2.81. The molecule has 17 heavy (non-hydrogen) atoms. The van der Waals surface area contributed by atoms with E-state index in [0.717, 1.165) is 0 Å². The fraction of sp³-hybridized carbons (Fsp3) is 0.250. The molecule has 0 saturated carbocycles. The van der Waals surface area contributed by atoms with Gasteiger partial charge in [-0.15, -0.1) is 0 Å². The molecule has 0 aliphatic carbocycles. The Kier molecular flexibility index (Phi) is 3.24. The monoisotopic (exact) mass is 249 g/mol. The number of Topliss-reactive ketones (excluding diaryl/α,β-unsaturated/α-hetero) is 1. The molecule has 4 nitrogen and oxygen atoms in total. The van der Waals surface area contributed by atoms with Gasteiger partial charge in [0, 0.05) is 16.5 Å². The van der Waals surface area contributed by atoms with Crippen LogP contribution in [0, 0.1) is 5.92 Å². The molecule has 2 aromatic rings. The van der Waals surface area contributed by atoms with Crippen molar-refractivity contribution in [3.63, 3.8) is 0 Å². The number of hydrogen-bond acceptors (Lipinski definition) is 3. The maximum absolute atomic E-state index is 12.1. The highest BCUT2D eigenvalue weighted by Crippen LogP contribution is 2.21. The van der Waals surface area contributed by atoms with Crippen LogP contribution in [-0.4, -0.2) is 20.8 Å². The molecule has 0 N–H and O–H groups in total. The first-order valence-electron chi connectivity index (χ1n) is 5.30. The van der Waals surface area contributed by atoms with Gasteiger partial charge < -0.3 is 0 Å². The van der Waals surface area contributed by atoms with Crippen LogP contribution in [0.2, 0.25) is 5.02 Å². The van der Waals surface area contributed by atoms with Crippen LogP contribution in [0.3, 0.4) is 0 Å². The van der Waals surface area contributed by atoms with Crippen molar-refractivity contribution in [3.05, 3.63) is 41.2 Å². The number of aromatic nitrogens is 3. The molecular formula is C12H12ClN3O. The summed E-state index contributed by atoms with van der Waals surface area (Å²) >= 11 is 5.94.